The lowest BCUT2D eigenvalue weighted by Gasteiger charge is -2.43. The number of hydrogen-bond donors (Lipinski definition) is 0. The molecule has 0 spiro atoms. The Labute approximate surface area is 236 Å². The Morgan fingerprint density at radius 1 is 0.474 bits per heavy atom. The second-order valence-electron chi connectivity index (χ2n) is 12.7. The molecule has 0 unspecified atom stereocenters. The Bertz CT molecular complexity index is 916. The fourth-order valence-electron chi connectivity index (χ4n) is 5.64. The second-order valence-corrected chi connectivity index (χ2v) is 12.7. The third-order valence-corrected chi connectivity index (χ3v) is 8.11. The van der Waals surface area contributed by atoms with Crippen molar-refractivity contribution in [1.29, 1.82) is 0 Å². The van der Waals surface area contributed by atoms with E-state index in [0.717, 1.165) is 4.48 Å². The van der Waals surface area contributed by atoms with E-state index < -0.39 is 6.15 Å². The molecule has 0 aliphatic rings. The summed E-state index contributed by atoms with van der Waals surface area (Å²) >= 11 is 0. The Kier molecular flexibility index (Phi) is 13.4. The molecule has 0 bridgehead atoms. The molecule has 0 aliphatic carbocycles. The van der Waals surface area contributed by atoms with Crippen LogP contribution in [0.1, 0.15) is 81.9 Å². The lowest BCUT2D eigenvalue weighted by molar-refractivity contribution is -0.870. The monoisotopic (exact) mass is 513 g/mol. The molecule has 0 amide bonds. The molecule has 0 saturated heterocycles. The predicted molar refractivity (Wildman–Crippen MR) is 174 cm³/mol. The van der Waals surface area contributed by atoms with Gasteiger partial charge in [0.05, 0.1) is 33.8 Å². The molecule has 0 aromatic heterocycles. The maximum Gasteiger partial charge on any atom is 0.0814 e. The highest BCUT2D eigenvalue weighted by atomic mass is 15.3. The van der Waals surface area contributed by atoms with Gasteiger partial charge in [-0.3, -0.25) is 0 Å². The van der Waals surface area contributed by atoms with E-state index in [-0.39, 0.29) is 0 Å². The van der Waals surface area contributed by atoms with Crippen LogP contribution in [0.5, 0.6) is 0 Å². The highest BCUT2D eigenvalue weighted by Gasteiger charge is 2.29. The molecule has 0 fully saturated rings. The van der Waals surface area contributed by atoms with Crippen molar-refractivity contribution in [3.8, 4) is 0 Å². The molecule has 3 rings (SSSR count). The molecule has 0 aliphatic heterocycles. The maximum atomic E-state index is 2.35. The lowest BCUT2D eigenvalue weighted by Crippen LogP contribution is -2.67. The van der Waals surface area contributed by atoms with Crippen molar-refractivity contribution >= 4 is 22.5 Å². The fraction of sp³-hybridized carbons (Fsp3) is 0.500. The molecule has 208 valence electrons. The van der Waals surface area contributed by atoms with Gasteiger partial charge in [-0.1, -0.05) is 142 Å². The van der Waals surface area contributed by atoms with E-state index >= 15 is 0 Å². The first-order chi connectivity index (χ1) is 18.1. The maximum absolute atomic E-state index is 2.35. The molecule has 0 N–H and O–H groups in total. The molecule has 3 aromatic carbocycles. The van der Waals surface area contributed by atoms with Crippen LogP contribution in [0.4, 0.5) is 0 Å². The van der Waals surface area contributed by atoms with Gasteiger partial charge < -0.3 is 4.48 Å². The van der Waals surface area contributed by atoms with E-state index in [9.17, 15) is 0 Å². The van der Waals surface area contributed by atoms with Crippen LogP contribution in [0, 0.1) is 20.8 Å². The molecular weight excluding hydrogens is 457 g/mol. The van der Waals surface area contributed by atoms with Crippen molar-refractivity contribution in [3.05, 3.63) is 89.5 Å². The number of benzene rings is 3. The van der Waals surface area contributed by atoms with Crippen molar-refractivity contribution in [2.45, 2.75) is 92.3 Å². The van der Waals surface area contributed by atoms with Crippen LogP contribution in [0.15, 0.2) is 72.8 Å². The molecule has 1 nitrogen and oxygen atoms in total. The van der Waals surface area contributed by atoms with Gasteiger partial charge in [0.25, 0.3) is 0 Å². The standard InChI is InChI=1S/C25H30B.C11H26N/c1-5-6-19-26(23-13-7-20(2)8-14-23,24-15-9-21(3)10-16-24)25-17-11-22(4)12-18-25;1-5-6-7-8-9-10-11-12(2,3)4/h7-18H,5-6,19H2,1-4H3;5-11H2,1-4H3/q-1;+1. The lowest BCUT2D eigenvalue weighted by atomic mass is 9.14. The van der Waals surface area contributed by atoms with Crippen molar-refractivity contribution in [2.75, 3.05) is 27.7 Å². The largest absolute Gasteiger partial charge is 0.331 e. The highest BCUT2D eigenvalue weighted by Crippen LogP contribution is 2.18. The molecule has 0 saturated carbocycles. The number of quaternary nitrogens is 1. The van der Waals surface area contributed by atoms with Gasteiger partial charge in [-0.2, -0.15) is 22.7 Å². The van der Waals surface area contributed by atoms with Gasteiger partial charge in [-0.25, -0.2) is 0 Å². The summed E-state index contributed by atoms with van der Waals surface area (Å²) in [5.41, 5.74) is 8.33. The van der Waals surface area contributed by atoms with Gasteiger partial charge in [0.15, 0.2) is 0 Å². The first-order valence-corrected chi connectivity index (χ1v) is 15.3. The van der Waals surface area contributed by atoms with Gasteiger partial charge in [0, 0.05) is 0 Å². The van der Waals surface area contributed by atoms with Crippen molar-refractivity contribution < 1.29 is 4.48 Å². The molecule has 2 heteroatoms. The number of rotatable bonds is 13. The summed E-state index contributed by atoms with van der Waals surface area (Å²) in [4.78, 5) is 0. The van der Waals surface area contributed by atoms with Gasteiger partial charge in [-0.15, -0.1) is 0 Å². The number of unbranched alkanes of at least 4 members (excludes halogenated alkanes) is 6. The summed E-state index contributed by atoms with van der Waals surface area (Å²) in [5.74, 6) is 0. The Hall–Kier alpha value is -2.32. The summed E-state index contributed by atoms with van der Waals surface area (Å²) < 4.78 is 1.12. The molecule has 0 atom stereocenters. The molecule has 3 aromatic rings. The SMILES string of the molecule is CCCCCCCC[N+](C)(C)C.CCCC[B-](c1ccc(C)cc1)(c1ccc(C)cc1)c1ccc(C)cc1. The van der Waals surface area contributed by atoms with Crippen LogP contribution >= 0.6 is 0 Å². The van der Waals surface area contributed by atoms with Crippen LogP contribution in [-0.2, 0) is 0 Å². The topological polar surface area (TPSA) is 0 Å². The van der Waals surface area contributed by atoms with Crippen LogP contribution in [0.3, 0.4) is 0 Å². The number of hydrogen-bond acceptors (Lipinski definition) is 0. The van der Waals surface area contributed by atoms with Crippen LogP contribution < -0.4 is 16.4 Å². The van der Waals surface area contributed by atoms with Gasteiger partial charge >= 0.3 is 0 Å². The average molecular weight is 514 g/mol. The number of nitrogens with zero attached hydrogens (tertiary/aromatic N) is 1. The van der Waals surface area contributed by atoms with Crippen molar-refractivity contribution in [2.24, 2.45) is 0 Å². The third-order valence-electron chi connectivity index (χ3n) is 8.11. The molecular formula is C36H56BN. The van der Waals surface area contributed by atoms with Crippen molar-refractivity contribution in [1.82, 2.24) is 0 Å². The summed E-state index contributed by atoms with van der Waals surface area (Å²) in [5, 5.41) is 0. The Morgan fingerprint density at radius 3 is 1.16 bits per heavy atom. The van der Waals surface area contributed by atoms with Gasteiger partial charge in [0.1, 0.15) is 0 Å². The first-order valence-electron chi connectivity index (χ1n) is 15.3. The zero-order valence-corrected chi connectivity index (χ0v) is 26.0. The Morgan fingerprint density at radius 2 is 0.816 bits per heavy atom. The normalized spacial score (nSPS) is 11.7. The van der Waals surface area contributed by atoms with E-state index in [1.807, 2.05) is 0 Å². The minimum Gasteiger partial charge on any atom is -0.331 e. The zero-order chi connectivity index (χ0) is 28.0. The second kappa shape index (κ2) is 15.9. The quantitative estimate of drug-likeness (QED) is 0.124. The highest BCUT2D eigenvalue weighted by molar-refractivity contribution is 7.11. The predicted octanol–water partition coefficient (Wildman–Crippen LogP) is 7.94. The smallest absolute Gasteiger partial charge is 0.0814 e. The third kappa shape index (κ3) is 10.1. The average Bonchev–Trinajstić information content (AvgIpc) is 2.89. The fourth-order valence-corrected chi connectivity index (χ4v) is 5.64. The number of aryl methyl sites for hydroxylation is 3. The first kappa shape index (κ1) is 31.9. The minimum atomic E-state index is -0.957. The van der Waals surface area contributed by atoms with E-state index in [4.69, 9.17) is 0 Å². The summed E-state index contributed by atoms with van der Waals surface area (Å²) in [6, 6.07) is 27.7. The Balaban J connectivity index is 0.000000358. The van der Waals surface area contributed by atoms with E-state index in [2.05, 4.69) is 129 Å². The van der Waals surface area contributed by atoms with E-state index in [1.54, 1.807) is 0 Å². The van der Waals surface area contributed by atoms with E-state index in [0.29, 0.717) is 0 Å². The van der Waals surface area contributed by atoms with Crippen LogP contribution in [-0.4, -0.2) is 38.3 Å². The van der Waals surface area contributed by atoms with Crippen LogP contribution in [0.25, 0.3) is 0 Å². The van der Waals surface area contributed by atoms with Gasteiger partial charge in [0.2, 0.25) is 0 Å². The summed E-state index contributed by atoms with van der Waals surface area (Å²) in [6.45, 7) is 12.4. The van der Waals surface area contributed by atoms with Crippen molar-refractivity contribution in [3.63, 3.8) is 0 Å². The van der Waals surface area contributed by atoms with E-state index in [1.165, 1.54) is 97.3 Å². The summed E-state index contributed by atoms with van der Waals surface area (Å²) in [6.07, 6.45) is 11.2. The molecule has 38 heavy (non-hydrogen) atoms. The molecule has 0 radical (unpaired) electrons. The molecule has 0 heterocycles. The zero-order valence-electron chi connectivity index (χ0n) is 26.0. The minimum absolute atomic E-state index is 0.957. The summed E-state index contributed by atoms with van der Waals surface area (Å²) in [7, 11) is 6.81. The van der Waals surface area contributed by atoms with Crippen LogP contribution in [0.2, 0.25) is 6.32 Å². The van der Waals surface area contributed by atoms with Gasteiger partial charge in [-0.05, 0) is 33.6 Å².